The second-order valence-corrected chi connectivity index (χ2v) is 2.85. The van der Waals surface area contributed by atoms with Crippen LogP contribution in [-0.4, -0.2) is 17.3 Å². The number of carboxylic acids is 1. The molecule has 0 heterocycles. The number of aliphatic imine (C=N–C) groups is 1. The molecule has 80 valence electrons. The van der Waals surface area contributed by atoms with Crippen LogP contribution in [0.1, 0.15) is 13.8 Å². The van der Waals surface area contributed by atoms with Crippen molar-refractivity contribution in [3.8, 4) is 0 Å². The molecule has 0 aliphatic rings. The third-order valence-corrected chi connectivity index (χ3v) is 1.71. The molecule has 0 spiro atoms. The van der Waals surface area contributed by atoms with Crippen LogP contribution >= 0.6 is 0 Å². The number of carbonyl (C=O) groups is 1. The maximum atomic E-state index is 10.6. The molecule has 0 aliphatic heterocycles. The molecule has 1 N–H and O–H groups in total. The molecule has 0 radical (unpaired) electrons. The minimum absolute atomic E-state index is 0.300. The van der Waals surface area contributed by atoms with Crippen LogP contribution < -0.4 is 0 Å². The molecule has 0 fully saturated rings. The predicted octanol–water partition coefficient (Wildman–Crippen LogP) is 2.73. The quantitative estimate of drug-likeness (QED) is 0.426. The monoisotopic (exact) mass is 205 g/mol. The van der Waals surface area contributed by atoms with Crippen LogP contribution in [0.4, 0.5) is 0 Å². The summed E-state index contributed by atoms with van der Waals surface area (Å²) in [7, 11) is 0. The number of hydrogen-bond donors (Lipinski definition) is 1. The van der Waals surface area contributed by atoms with E-state index in [0.717, 1.165) is 0 Å². The van der Waals surface area contributed by atoms with E-state index in [1.54, 1.807) is 44.4 Å². The van der Waals surface area contributed by atoms with Crippen LogP contribution in [0.3, 0.4) is 0 Å². The van der Waals surface area contributed by atoms with Crippen molar-refractivity contribution < 1.29 is 9.90 Å². The molecule has 0 atom stereocenters. The average Bonchev–Trinajstić information content (AvgIpc) is 2.21. The van der Waals surface area contributed by atoms with E-state index in [1.165, 1.54) is 6.21 Å². The van der Waals surface area contributed by atoms with E-state index in [9.17, 15) is 4.79 Å². The summed E-state index contributed by atoms with van der Waals surface area (Å²) in [5, 5.41) is 8.67. The van der Waals surface area contributed by atoms with Gasteiger partial charge in [0.15, 0.2) is 0 Å². The standard InChI is InChI=1S/C12H15NO2/c1-4-5-6-7-8-13-9-10(2)11(3)12(14)15/h4-9H,1H2,2-3H3,(H,14,15)/b6-5+,8-7-,11-10+,13-9+. The van der Waals surface area contributed by atoms with Crippen molar-refractivity contribution >= 4 is 12.2 Å². The first-order valence-corrected chi connectivity index (χ1v) is 4.47. The lowest BCUT2D eigenvalue weighted by Crippen LogP contribution is -1.99. The van der Waals surface area contributed by atoms with Gasteiger partial charge in [-0.25, -0.2) is 4.79 Å². The maximum Gasteiger partial charge on any atom is 0.331 e. The molecule has 0 aromatic heterocycles. The highest BCUT2D eigenvalue weighted by Crippen LogP contribution is 2.00. The lowest BCUT2D eigenvalue weighted by Gasteiger charge is -1.94. The highest BCUT2D eigenvalue weighted by Gasteiger charge is 2.01. The van der Waals surface area contributed by atoms with Crippen LogP contribution in [0.25, 0.3) is 0 Å². The highest BCUT2D eigenvalue weighted by molar-refractivity contribution is 5.94. The molecule has 0 rings (SSSR count). The van der Waals surface area contributed by atoms with Crippen LogP contribution in [0.15, 0.2) is 53.2 Å². The van der Waals surface area contributed by atoms with E-state index in [-0.39, 0.29) is 0 Å². The third-order valence-electron chi connectivity index (χ3n) is 1.71. The Kier molecular flexibility index (Phi) is 6.55. The van der Waals surface area contributed by atoms with Crippen LogP contribution in [0.5, 0.6) is 0 Å². The fourth-order valence-electron chi connectivity index (χ4n) is 0.662. The molecule has 0 bridgehead atoms. The Morgan fingerprint density at radius 1 is 1.27 bits per heavy atom. The van der Waals surface area contributed by atoms with Gasteiger partial charge in [0, 0.05) is 18.0 Å². The minimum Gasteiger partial charge on any atom is -0.478 e. The molecule has 0 amide bonds. The lowest BCUT2D eigenvalue weighted by molar-refractivity contribution is -0.132. The first-order valence-electron chi connectivity index (χ1n) is 4.47. The number of hydrogen-bond acceptors (Lipinski definition) is 2. The Morgan fingerprint density at radius 2 is 1.93 bits per heavy atom. The molecule has 0 aromatic carbocycles. The summed E-state index contributed by atoms with van der Waals surface area (Å²) in [6.45, 7) is 6.77. The van der Waals surface area contributed by atoms with Gasteiger partial charge in [-0.15, -0.1) is 0 Å². The molecule has 0 unspecified atom stereocenters. The summed E-state index contributed by atoms with van der Waals surface area (Å²) in [6.07, 6.45) is 10.1. The SMILES string of the molecule is C=C/C=C/C=C\N=C\C(C)=C(/C)C(=O)O. The fourth-order valence-corrected chi connectivity index (χ4v) is 0.662. The van der Waals surface area contributed by atoms with Crippen molar-refractivity contribution in [1.29, 1.82) is 0 Å². The van der Waals surface area contributed by atoms with Crippen molar-refractivity contribution in [2.24, 2.45) is 4.99 Å². The van der Waals surface area contributed by atoms with E-state index in [4.69, 9.17) is 5.11 Å². The zero-order valence-corrected chi connectivity index (χ0v) is 8.97. The van der Waals surface area contributed by atoms with E-state index >= 15 is 0 Å². The summed E-state index contributed by atoms with van der Waals surface area (Å²) in [5.41, 5.74) is 0.939. The van der Waals surface area contributed by atoms with Gasteiger partial charge in [0.1, 0.15) is 0 Å². The van der Waals surface area contributed by atoms with Gasteiger partial charge in [-0.3, -0.25) is 4.99 Å². The molecule has 0 aliphatic carbocycles. The Labute approximate surface area is 89.8 Å². The van der Waals surface area contributed by atoms with Crippen molar-refractivity contribution in [3.05, 3.63) is 48.2 Å². The number of aliphatic carboxylic acids is 1. The van der Waals surface area contributed by atoms with Gasteiger partial charge in [-0.1, -0.05) is 24.8 Å². The van der Waals surface area contributed by atoms with Crippen LogP contribution in [-0.2, 0) is 4.79 Å². The summed E-state index contributed by atoms with van der Waals surface area (Å²) < 4.78 is 0. The zero-order chi connectivity index (χ0) is 11.7. The first-order chi connectivity index (χ1) is 7.09. The van der Waals surface area contributed by atoms with E-state index < -0.39 is 5.97 Å². The minimum atomic E-state index is -0.922. The molecular weight excluding hydrogens is 190 g/mol. The van der Waals surface area contributed by atoms with Crippen molar-refractivity contribution in [3.63, 3.8) is 0 Å². The van der Waals surface area contributed by atoms with E-state index in [2.05, 4.69) is 11.6 Å². The second-order valence-electron chi connectivity index (χ2n) is 2.85. The molecule has 0 aromatic rings. The van der Waals surface area contributed by atoms with Gasteiger partial charge in [-0.05, 0) is 25.5 Å². The van der Waals surface area contributed by atoms with Crippen molar-refractivity contribution in [2.75, 3.05) is 0 Å². The Morgan fingerprint density at radius 3 is 2.47 bits per heavy atom. The Hall–Kier alpha value is -1.90. The fraction of sp³-hybridized carbons (Fsp3) is 0.167. The summed E-state index contributed by atoms with van der Waals surface area (Å²) >= 11 is 0. The molecule has 3 heteroatoms. The van der Waals surface area contributed by atoms with Crippen LogP contribution in [0, 0.1) is 0 Å². The number of rotatable bonds is 5. The van der Waals surface area contributed by atoms with Gasteiger partial charge >= 0.3 is 5.97 Å². The zero-order valence-electron chi connectivity index (χ0n) is 8.97. The lowest BCUT2D eigenvalue weighted by atomic mass is 10.2. The number of allylic oxidation sites excluding steroid dienone is 5. The smallest absolute Gasteiger partial charge is 0.331 e. The van der Waals surface area contributed by atoms with Gasteiger partial charge < -0.3 is 5.11 Å². The molecular formula is C12H15NO2. The summed E-state index contributed by atoms with van der Waals surface area (Å²) in [6, 6.07) is 0. The molecule has 15 heavy (non-hydrogen) atoms. The molecule has 3 nitrogen and oxygen atoms in total. The van der Waals surface area contributed by atoms with Gasteiger partial charge in [0.2, 0.25) is 0 Å². The van der Waals surface area contributed by atoms with Gasteiger partial charge in [0.25, 0.3) is 0 Å². The predicted molar refractivity (Wildman–Crippen MR) is 63.0 cm³/mol. The number of nitrogens with zero attached hydrogens (tertiary/aromatic N) is 1. The van der Waals surface area contributed by atoms with Crippen LogP contribution in [0.2, 0.25) is 0 Å². The average molecular weight is 205 g/mol. The molecule has 0 saturated heterocycles. The highest BCUT2D eigenvalue weighted by atomic mass is 16.4. The van der Waals surface area contributed by atoms with Crippen molar-refractivity contribution in [2.45, 2.75) is 13.8 Å². The van der Waals surface area contributed by atoms with E-state index in [1.807, 2.05) is 0 Å². The topological polar surface area (TPSA) is 49.7 Å². The summed E-state index contributed by atoms with van der Waals surface area (Å²) in [4.78, 5) is 14.5. The second kappa shape index (κ2) is 7.50. The van der Waals surface area contributed by atoms with Gasteiger partial charge in [-0.2, -0.15) is 0 Å². The van der Waals surface area contributed by atoms with E-state index in [0.29, 0.717) is 11.1 Å². The Bertz CT molecular complexity index is 347. The summed E-state index contributed by atoms with van der Waals surface area (Å²) in [5.74, 6) is -0.922. The Balaban J connectivity index is 4.36. The normalized spacial score (nSPS) is 13.7. The largest absolute Gasteiger partial charge is 0.478 e. The number of carboxylic acid groups (broad SMARTS) is 1. The van der Waals surface area contributed by atoms with Gasteiger partial charge in [0.05, 0.1) is 0 Å². The third kappa shape index (κ3) is 6.21. The maximum absolute atomic E-state index is 10.6. The molecule has 0 saturated carbocycles. The van der Waals surface area contributed by atoms with Crippen molar-refractivity contribution in [1.82, 2.24) is 0 Å². The first kappa shape index (κ1) is 13.1.